The molecule has 2 aromatic carbocycles. The summed E-state index contributed by atoms with van der Waals surface area (Å²) < 4.78 is 23.9. The molecule has 2 aromatic rings. The predicted octanol–water partition coefficient (Wildman–Crippen LogP) is 4.69. The highest BCUT2D eigenvalue weighted by Crippen LogP contribution is 2.28. The minimum Gasteiger partial charge on any atom is -0.493 e. The van der Waals surface area contributed by atoms with Crippen LogP contribution >= 0.6 is 0 Å². The van der Waals surface area contributed by atoms with Gasteiger partial charge in [0.25, 0.3) is 11.8 Å². The minimum atomic E-state index is -0.389. The van der Waals surface area contributed by atoms with Crippen LogP contribution in [0.1, 0.15) is 55.3 Å². The van der Waals surface area contributed by atoms with Crippen molar-refractivity contribution >= 4 is 17.5 Å². The summed E-state index contributed by atoms with van der Waals surface area (Å²) in [4.78, 5) is 24.8. The number of methoxy groups -OCH3 is 1. The van der Waals surface area contributed by atoms with E-state index in [1.165, 1.54) is 50.6 Å². The fraction of sp³-hybridized carbons (Fsp3) is 0.417. The molecule has 0 spiro atoms. The van der Waals surface area contributed by atoms with Crippen LogP contribution in [0.4, 0.5) is 10.1 Å². The number of nitrogens with one attached hydrogen (secondary N) is 2. The fourth-order valence-corrected chi connectivity index (χ4v) is 3.67. The van der Waals surface area contributed by atoms with E-state index in [-0.39, 0.29) is 30.3 Å². The summed E-state index contributed by atoms with van der Waals surface area (Å²) in [6.45, 7) is -0.249. The van der Waals surface area contributed by atoms with E-state index in [4.69, 9.17) is 9.47 Å². The smallest absolute Gasteiger partial charge is 0.262 e. The molecule has 1 aliphatic rings. The van der Waals surface area contributed by atoms with Gasteiger partial charge in [-0.05, 0) is 55.3 Å². The van der Waals surface area contributed by atoms with Crippen LogP contribution in [0.5, 0.6) is 11.5 Å². The molecule has 0 bridgehead atoms. The average Bonchev–Trinajstić information content (AvgIpc) is 2.75. The van der Waals surface area contributed by atoms with Crippen LogP contribution in [0.3, 0.4) is 0 Å². The predicted molar refractivity (Wildman–Crippen MR) is 117 cm³/mol. The zero-order chi connectivity index (χ0) is 22.1. The van der Waals surface area contributed by atoms with Gasteiger partial charge < -0.3 is 20.1 Å². The van der Waals surface area contributed by atoms with Crippen LogP contribution in [0.15, 0.2) is 42.5 Å². The fourth-order valence-electron chi connectivity index (χ4n) is 3.67. The van der Waals surface area contributed by atoms with Gasteiger partial charge in [0.2, 0.25) is 0 Å². The first-order valence-corrected chi connectivity index (χ1v) is 10.7. The Bertz CT molecular complexity index is 878. The number of benzene rings is 2. The van der Waals surface area contributed by atoms with Crippen molar-refractivity contribution in [2.45, 2.75) is 51.0 Å². The highest BCUT2D eigenvalue weighted by atomic mass is 19.1. The van der Waals surface area contributed by atoms with Crippen LogP contribution in [-0.2, 0) is 4.79 Å². The van der Waals surface area contributed by atoms with Crippen molar-refractivity contribution in [3.63, 3.8) is 0 Å². The number of carbonyl (C=O) groups is 2. The summed E-state index contributed by atoms with van der Waals surface area (Å²) in [6.07, 6.45) is 8.02. The summed E-state index contributed by atoms with van der Waals surface area (Å²) in [5.74, 6) is -0.166. The monoisotopic (exact) mass is 428 g/mol. The molecule has 0 saturated heterocycles. The molecule has 3 rings (SSSR count). The standard InChI is InChI=1S/C24H29FN2O4/c1-30-22-15-17(24(29)27-19-7-5-3-2-4-6-8-19)9-14-21(22)31-16-23(28)26-20-12-10-18(25)11-13-20/h9-15,19H,2-8,16H2,1H3,(H,26,28)(H,27,29). The third kappa shape index (κ3) is 6.98. The number of halogens is 1. The molecule has 166 valence electrons. The molecule has 6 nitrogen and oxygen atoms in total. The molecule has 0 atom stereocenters. The lowest BCUT2D eigenvalue weighted by molar-refractivity contribution is -0.118. The molecule has 0 radical (unpaired) electrons. The van der Waals surface area contributed by atoms with E-state index in [9.17, 15) is 14.0 Å². The molecule has 1 aliphatic carbocycles. The number of rotatable bonds is 7. The molecule has 2 amide bonds. The second-order valence-corrected chi connectivity index (χ2v) is 7.72. The van der Waals surface area contributed by atoms with Gasteiger partial charge >= 0.3 is 0 Å². The largest absolute Gasteiger partial charge is 0.493 e. The van der Waals surface area contributed by atoms with Crippen molar-refractivity contribution in [3.05, 3.63) is 53.8 Å². The lowest BCUT2D eigenvalue weighted by Crippen LogP contribution is -2.35. The van der Waals surface area contributed by atoms with E-state index in [2.05, 4.69) is 10.6 Å². The number of anilines is 1. The first kappa shape index (κ1) is 22.6. The number of hydrogen-bond acceptors (Lipinski definition) is 4. The summed E-state index contributed by atoms with van der Waals surface area (Å²) >= 11 is 0. The molecule has 1 fully saturated rings. The summed E-state index contributed by atoms with van der Waals surface area (Å²) in [5, 5.41) is 5.76. The van der Waals surface area contributed by atoms with E-state index >= 15 is 0 Å². The first-order valence-electron chi connectivity index (χ1n) is 10.7. The zero-order valence-corrected chi connectivity index (χ0v) is 17.8. The normalized spacial score (nSPS) is 14.8. The van der Waals surface area contributed by atoms with Gasteiger partial charge in [0.15, 0.2) is 18.1 Å². The lowest BCUT2D eigenvalue weighted by Gasteiger charge is -2.21. The van der Waals surface area contributed by atoms with Crippen LogP contribution in [0, 0.1) is 5.82 Å². The van der Waals surface area contributed by atoms with Crippen molar-refractivity contribution in [2.75, 3.05) is 19.0 Å². The van der Waals surface area contributed by atoms with Crippen LogP contribution in [0.2, 0.25) is 0 Å². The number of carbonyl (C=O) groups excluding carboxylic acids is 2. The van der Waals surface area contributed by atoms with Gasteiger partial charge in [-0.3, -0.25) is 9.59 Å². The minimum absolute atomic E-state index is 0.135. The quantitative estimate of drug-likeness (QED) is 0.671. The third-order valence-corrected chi connectivity index (χ3v) is 5.35. The Kier molecular flexibility index (Phi) is 8.27. The van der Waals surface area contributed by atoms with Gasteiger partial charge in [-0.1, -0.05) is 32.1 Å². The number of ether oxygens (including phenoxy) is 2. The Morgan fingerprint density at radius 1 is 0.968 bits per heavy atom. The van der Waals surface area contributed by atoms with E-state index in [1.807, 2.05) is 0 Å². The highest BCUT2D eigenvalue weighted by Gasteiger charge is 2.17. The van der Waals surface area contributed by atoms with Gasteiger partial charge in [0.05, 0.1) is 7.11 Å². The van der Waals surface area contributed by atoms with Crippen molar-refractivity contribution in [1.29, 1.82) is 0 Å². The summed E-state index contributed by atoms with van der Waals surface area (Å²) in [6, 6.07) is 10.6. The Balaban J connectivity index is 1.56. The molecule has 0 aromatic heterocycles. The van der Waals surface area contributed by atoms with E-state index in [0.717, 1.165) is 25.7 Å². The van der Waals surface area contributed by atoms with Crippen molar-refractivity contribution in [3.8, 4) is 11.5 Å². The molecule has 31 heavy (non-hydrogen) atoms. The number of hydrogen-bond donors (Lipinski definition) is 2. The van der Waals surface area contributed by atoms with Crippen molar-refractivity contribution < 1.29 is 23.5 Å². The van der Waals surface area contributed by atoms with Crippen LogP contribution in [-0.4, -0.2) is 31.6 Å². The molecule has 0 aliphatic heterocycles. The molecule has 0 heterocycles. The molecule has 1 saturated carbocycles. The summed E-state index contributed by atoms with van der Waals surface area (Å²) in [5.41, 5.74) is 0.963. The van der Waals surface area contributed by atoms with Gasteiger partial charge in [-0.25, -0.2) is 4.39 Å². The van der Waals surface area contributed by atoms with Gasteiger partial charge in [-0.2, -0.15) is 0 Å². The zero-order valence-electron chi connectivity index (χ0n) is 17.8. The number of amides is 2. The Morgan fingerprint density at radius 3 is 2.32 bits per heavy atom. The second kappa shape index (κ2) is 11.3. The van der Waals surface area contributed by atoms with Crippen molar-refractivity contribution in [1.82, 2.24) is 5.32 Å². The van der Waals surface area contributed by atoms with E-state index in [0.29, 0.717) is 22.7 Å². The molecule has 2 N–H and O–H groups in total. The average molecular weight is 429 g/mol. The van der Waals surface area contributed by atoms with Crippen LogP contribution < -0.4 is 20.1 Å². The third-order valence-electron chi connectivity index (χ3n) is 5.35. The molecule has 7 heteroatoms. The SMILES string of the molecule is COc1cc(C(=O)NC2CCCCCCC2)ccc1OCC(=O)Nc1ccc(F)cc1. The highest BCUT2D eigenvalue weighted by molar-refractivity contribution is 5.95. The maximum atomic E-state index is 13.0. The maximum absolute atomic E-state index is 13.0. The van der Waals surface area contributed by atoms with Gasteiger partial charge in [0.1, 0.15) is 5.82 Å². The van der Waals surface area contributed by atoms with E-state index in [1.54, 1.807) is 18.2 Å². The first-order chi connectivity index (χ1) is 15.0. The Morgan fingerprint density at radius 2 is 1.65 bits per heavy atom. The lowest BCUT2D eigenvalue weighted by atomic mass is 9.96. The Hall–Kier alpha value is -3.09. The van der Waals surface area contributed by atoms with Gasteiger partial charge in [-0.15, -0.1) is 0 Å². The molecular weight excluding hydrogens is 399 g/mol. The maximum Gasteiger partial charge on any atom is 0.262 e. The van der Waals surface area contributed by atoms with E-state index < -0.39 is 0 Å². The molecule has 0 unspecified atom stereocenters. The second-order valence-electron chi connectivity index (χ2n) is 7.72. The van der Waals surface area contributed by atoms with Crippen LogP contribution in [0.25, 0.3) is 0 Å². The topological polar surface area (TPSA) is 76.7 Å². The van der Waals surface area contributed by atoms with Crippen molar-refractivity contribution in [2.24, 2.45) is 0 Å². The summed E-state index contributed by atoms with van der Waals surface area (Å²) in [7, 11) is 1.48. The Labute approximate surface area is 182 Å². The molecular formula is C24H29FN2O4. The van der Waals surface area contributed by atoms with Gasteiger partial charge in [0, 0.05) is 17.3 Å².